The molecule has 3 aromatic carbocycles. The minimum atomic E-state index is -0.243. The van der Waals surface area contributed by atoms with Gasteiger partial charge in [0.2, 0.25) is 11.8 Å². The molecule has 36 heavy (non-hydrogen) atoms. The summed E-state index contributed by atoms with van der Waals surface area (Å²) in [7, 11) is 0. The lowest BCUT2D eigenvalue weighted by Crippen LogP contribution is -2.42. The van der Waals surface area contributed by atoms with Crippen molar-refractivity contribution in [2.45, 2.75) is 25.8 Å². The second kappa shape index (κ2) is 12.1. The van der Waals surface area contributed by atoms with Gasteiger partial charge in [-0.25, -0.2) is 0 Å². The van der Waals surface area contributed by atoms with Crippen LogP contribution in [0.3, 0.4) is 0 Å². The molecule has 0 aliphatic carbocycles. The van der Waals surface area contributed by atoms with Crippen molar-refractivity contribution in [3.8, 4) is 0 Å². The maximum Gasteiger partial charge on any atom is 0.253 e. The normalized spacial score (nSPS) is 15.0. The number of carbonyl (C=O) groups excluding carboxylic acids is 3. The number of amides is 3. The lowest BCUT2D eigenvalue weighted by atomic mass is 9.96. The number of hydrogen-bond donors (Lipinski definition) is 3. The first-order valence-corrected chi connectivity index (χ1v) is 12.3. The number of anilines is 2. The fraction of sp³-hybridized carbons (Fsp3) is 0.276. The average Bonchev–Trinajstić information content (AvgIpc) is 2.90. The summed E-state index contributed by atoms with van der Waals surface area (Å²) in [5.41, 5.74) is 2.71. The van der Waals surface area contributed by atoms with E-state index in [9.17, 15) is 14.4 Å². The van der Waals surface area contributed by atoms with Crippen molar-refractivity contribution in [1.29, 1.82) is 0 Å². The van der Waals surface area contributed by atoms with Gasteiger partial charge < -0.3 is 16.0 Å². The Morgan fingerprint density at radius 1 is 0.833 bits per heavy atom. The van der Waals surface area contributed by atoms with Gasteiger partial charge in [0.25, 0.3) is 5.91 Å². The van der Waals surface area contributed by atoms with Crippen LogP contribution in [0.4, 0.5) is 11.4 Å². The summed E-state index contributed by atoms with van der Waals surface area (Å²) in [5.74, 6) is -0.471. The van der Waals surface area contributed by atoms with Gasteiger partial charge in [0.05, 0.1) is 23.8 Å². The van der Waals surface area contributed by atoms with Crippen LogP contribution >= 0.6 is 0 Å². The molecular formula is C29H32N4O3. The molecule has 0 bridgehead atoms. The highest BCUT2D eigenvalue weighted by Gasteiger charge is 2.26. The van der Waals surface area contributed by atoms with Crippen LogP contribution in [-0.2, 0) is 9.59 Å². The van der Waals surface area contributed by atoms with E-state index in [4.69, 9.17) is 0 Å². The first-order valence-electron chi connectivity index (χ1n) is 12.3. The number of para-hydroxylation sites is 2. The Balaban J connectivity index is 1.27. The minimum absolute atomic E-state index is 0.0231. The first kappa shape index (κ1) is 25.1. The van der Waals surface area contributed by atoms with Gasteiger partial charge >= 0.3 is 0 Å². The Labute approximate surface area is 211 Å². The zero-order chi connectivity index (χ0) is 25.3. The molecule has 7 heteroatoms. The summed E-state index contributed by atoms with van der Waals surface area (Å²) >= 11 is 0. The van der Waals surface area contributed by atoms with Gasteiger partial charge in [0.1, 0.15) is 0 Å². The van der Waals surface area contributed by atoms with Crippen molar-refractivity contribution in [3.05, 3.63) is 96.1 Å². The minimum Gasteiger partial charge on any atom is -0.345 e. The number of hydrogen-bond acceptors (Lipinski definition) is 4. The second-order valence-electron chi connectivity index (χ2n) is 9.11. The molecule has 1 fully saturated rings. The van der Waals surface area contributed by atoms with E-state index in [1.807, 2.05) is 72.5 Å². The van der Waals surface area contributed by atoms with Crippen LogP contribution in [0.1, 0.15) is 41.7 Å². The third-order valence-corrected chi connectivity index (χ3v) is 6.46. The molecule has 1 aliphatic rings. The number of carbonyl (C=O) groups is 3. The van der Waals surface area contributed by atoms with E-state index in [0.717, 1.165) is 11.3 Å². The number of likely N-dealkylation sites (tertiary alicyclic amines) is 1. The smallest absolute Gasteiger partial charge is 0.253 e. The Bertz CT molecular complexity index is 1180. The van der Waals surface area contributed by atoms with E-state index in [0.29, 0.717) is 37.2 Å². The monoisotopic (exact) mass is 484 g/mol. The van der Waals surface area contributed by atoms with E-state index in [2.05, 4.69) is 16.0 Å². The molecule has 3 aromatic rings. The van der Waals surface area contributed by atoms with Crippen LogP contribution in [-0.4, -0.2) is 42.3 Å². The van der Waals surface area contributed by atoms with E-state index in [-0.39, 0.29) is 36.2 Å². The van der Waals surface area contributed by atoms with Gasteiger partial charge in [-0.05, 0) is 62.7 Å². The maximum absolute atomic E-state index is 12.9. The van der Waals surface area contributed by atoms with Crippen LogP contribution in [0.15, 0.2) is 84.9 Å². The molecule has 7 nitrogen and oxygen atoms in total. The van der Waals surface area contributed by atoms with Gasteiger partial charge in [0.15, 0.2) is 0 Å². The molecule has 186 valence electrons. The zero-order valence-corrected chi connectivity index (χ0v) is 20.4. The predicted molar refractivity (Wildman–Crippen MR) is 142 cm³/mol. The maximum atomic E-state index is 12.9. The van der Waals surface area contributed by atoms with Crippen LogP contribution in [0.2, 0.25) is 0 Å². The molecule has 0 aromatic heterocycles. The van der Waals surface area contributed by atoms with Crippen molar-refractivity contribution < 1.29 is 14.4 Å². The van der Waals surface area contributed by atoms with Gasteiger partial charge in [0, 0.05) is 11.6 Å². The topological polar surface area (TPSA) is 90.5 Å². The first-order chi connectivity index (χ1) is 17.5. The molecule has 0 saturated carbocycles. The highest BCUT2D eigenvalue weighted by atomic mass is 16.2. The summed E-state index contributed by atoms with van der Waals surface area (Å²) in [4.78, 5) is 40.3. The molecule has 1 saturated heterocycles. The summed E-state index contributed by atoms with van der Waals surface area (Å²) < 4.78 is 0. The van der Waals surface area contributed by atoms with Gasteiger partial charge in [-0.3, -0.25) is 19.3 Å². The van der Waals surface area contributed by atoms with Gasteiger partial charge in [-0.15, -0.1) is 0 Å². The quantitative estimate of drug-likeness (QED) is 0.440. The Hall–Kier alpha value is -3.97. The van der Waals surface area contributed by atoms with E-state index < -0.39 is 0 Å². The van der Waals surface area contributed by atoms with E-state index in [1.165, 1.54) is 0 Å². The Kier molecular flexibility index (Phi) is 8.47. The zero-order valence-electron chi connectivity index (χ0n) is 20.4. The third-order valence-electron chi connectivity index (χ3n) is 6.46. The van der Waals surface area contributed by atoms with Crippen LogP contribution in [0.5, 0.6) is 0 Å². The highest BCUT2D eigenvalue weighted by Crippen LogP contribution is 2.21. The fourth-order valence-electron chi connectivity index (χ4n) is 4.40. The molecule has 1 atom stereocenters. The summed E-state index contributed by atoms with van der Waals surface area (Å²) in [6.45, 7) is 3.47. The molecule has 4 rings (SSSR count). The lowest BCUT2D eigenvalue weighted by Gasteiger charge is -2.30. The Morgan fingerprint density at radius 2 is 1.44 bits per heavy atom. The Morgan fingerprint density at radius 3 is 2.14 bits per heavy atom. The highest BCUT2D eigenvalue weighted by molar-refractivity contribution is 6.04. The summed E-state index contributed by atoms with van der Waals surface area (Å²) in [6, 6.07) is 26.0. The van der Waals surface area contributed by atoms with E-state index >= 15 is 0 Å². The number of rotatable bonds is 8. The molecule has 3 amide bonds. The molecule has 0 radical (unpaired) electrons. The summed E-state index contributed by atoms with van der Waals surface area (Å²) in [6.07, 6.45) is 1.39. The standard InChI is InChI=1S/C29H32N4O3/c1-21(22-10-4-2-5-11-22)30-29(36)25-14-8-9-15-26(25)32-27(34)20-33-18-16-23(17-19-33)28(35)31-24-12-6-3-7-13-24/h2-15,21,23H,16-20H2,1H3,(H,30,36)(H,31,35)(H,32,34)/t21-/m0/s1. The molecule has 3 N–H and O–H groups in total. The van der Waals surface area contributed by atoms with Crippen molar-refractivity contribution in [2.75, 3.05) is 30.3 Å². The van der Waals surface area contributed by atoms with Crippen molar-refractivity contribution in [1.82, 2.24) is 10.2 Å². The van der Waals surface area contributed by atoms with Crippen molar-refractivity contribution in [3.63, 3.8) is 0 Å². The molecular weight excluding hydrogens is 452 g/mol. The molecule has 1 aliphatic heterocycles. The van der Waals surface area contributed by atoms with Crippen molar-refractivity contribution in [2.24, 2.45) is 5.92 Å². The summed E-state index contributed by atoms with van der Waals surface area (Å²) in [5, 5.41) is 8.87. The van der Waals surface area contributed by atoms with Crippen molar-refractivity contribution >= 4 is 29.1 Å². The number of nitrogens with one attached hydrogen (secondary N) is 3. The number of benzene rings is 3. The fourth-order valence-corrected chi connectivity index (χ4v) is 4.40. The molecule has 1 heterocycles. The second-order valence-corrected chi connectivity index (χ2v) is 9.11. The number of piperidine rings is 1. The third kappa shape index (κ3) is 6.79. The molecule has 0 spiro atoms. The average molecular weight is 485 g/mol. The van der Waals surface area contributed by atoms with Crippen LogP contribution < -0.4 is 16.0 Å². The van der Waals surface area contributed by atoms with Gasteiger partial charge in [-0.2, -0.15) is 0 Å². The van der Waals surface area contributed by atoms with Gasteiger partial charge in [-0.1, -0.05) is 60.7 Å². The van der Waals surface area contributed by atoms with Crippen LogP contribution in [0.25, 0.3) is 0 Å². The van der Waals surface area contributed by atoms with Crippen LogP contribution in [0, 0.1) is 5.92 Å². The van der Waals surface area contributed by atoms with E-state index in [1.54, 1.807) is 24.3 Å². The lowest BCUT2D eigenvalue weighted by molar-refractivity contribution is -0.121. The number of nitrogens with zero attached hydrogens (tertiary/aromatic N) is 1. The molecule has 0 unspecified atom stereocenters. The largest absolute Gasteiger partial charge is 0.345 e. The predicted octanol–water partition coefficient (Wildman–Crippen LogP) is 4.47. The SMILES string of the molecule is C[C@H](NC(=O)c1ccccc1NC(=O)CN1CCC(C(=O)Nc2ccccc2)CC1)c1ccccc1.